The first kappa shape index (κ1) is 23.6. The fourth-order valence-corrected chi connectivity index (χ4v) is 5.66. The second-order valence-electron chi connectivity index (χ2n) is 8.77. The van der Waals surface area contributed by atoms with Crippen LogP contribution in [0.5, 0.6) is 0 Å². The Morgan fingerprint density at radius 3 is 2.61 bits per heavy atom. The number of aliphatic carboxylic acids is 1. The number of fused-ring (bicyclic) bond motifs is 1. The Hall–Kier alpha value is -4.12. The third-order valence-electron chi connectivity index (χ3n) is 6.55. The summed E-state index contributed by atoms with van der Waals surface area (Å²) in [6.07, 6.45) is 6.43. The van der Waals surface area contributed by atoms with E-state index in [9.17, 15) is 14.7 Å². The van der Waals surface area contributed by atoms with Gasteiger partial charge in [-0.15, -0.1) is 0 Å². The zero-order valence-electron chi connectivity index (χ0n) is 19.9. The second-order valence-corrected chi connectivity index (χ2v) is 9.75. The largest absolute Gasteiger partial charge is 0.480 e. The number of carbonyl (C=O) groups is 2. The Kier molecular flexibility index (Phi) is 6.00. The van der Waals surface area contributed by atoms with Gasteiger partial charge in [-0.05, 0) is 56.5 Å². The SMILES string of the molecule is CCN(C(N)=O)c1nc2cc(-c3cnc(N4CCCC4(C)C(=O)O)nc3)cc(-c3ccccn3)c2s1. The lowest BCUT2D eigenvalue weighted by molar-refractivity contribution is -0.142. The summed E-state index contributed by atoms with van der Waals surface area (Å²) >= 11 is 1.39. The summed E-state index contributed by atoms with van der Waals surface area (Å²) in [4.78, 5) is 45.2. The Bertz CT molecular complexity index is 1440. The molecular formula is C25H25N7O3S. The van der Waals surface area contributed by atoms with E-state index < -0.39 is 17.5 Å². The van der Waals surface area contributed by atoms with Gasteiger partial charge in [0, 0.05) is 42.8 Å². The quantitative estimate of drug-likeness (QED) is 0.400. The zero-order chi connectivity index (χ0) is 25.4. The molecule has 11 heteroatoms. The predicted octanol–water partition coefficient (Wildman–Crippen LogP) is 4.16. The van der Waals surface area contributed by atoms with Gasteiger partial charge in [0.2, 0.25) is 5.95 Å². The van der Waals surface area contributed by atoms with Crippen LogP contribution in [0.2, 0.25) is 0 Å². The number of aromatic nitrogens is 4. The van der Waals surface area contributed by atoms with Gasteiger partial charge in [-0.2, -0.15) is 0 Å². The number of carboxylic acid groups (broad SMARTS) is 1. The minimum Gasteiger partial charge on any atom is -0.480 e. The maximum absolute atomic E-state index is 11.9. The lowest BCUT2D eigenvalue weighted by atomic mass is 10.00. The van der Waals surface area contributed by atoms with Gasteiger partial charge < -0.3 is 15.7 Å². The Labute approximate surface area is 211 Å². The van der Waals surface area contributed by atoms with Crippen LogP contribution in [0.25, 0.3) is 32.6 Å². The van der Waals surface area contributed by atoms with E-state index in [2.05, 4.69) is 15.0 Å². The van der Waals surface area contributed by atoms with Crippen LogP contribution in [-0.2, 0) is 4.79 Å². The third-order valence-corrected chi connectivity index (χ3v) is 7.67. The molecule has 5 rings (SSSR count). The van der Waals surface area contributed by atoms with Gasteiger partial charge >= 0.3 is 12.0 Å². The number of benzene rings is 1. The molecule has 0 bridgehead atoms. The molecule has 4 heterocycles. The number of thiazole rings is 1. The molecule has 0 saturated carbocycles. The molecule has 3 N–H and O–H groups in total. The van der Waals surface area contributed by atoms with Crippen molar-refractivity contribution in [2.75, 3.05) is 22.9 Å². The number of pyridine rings is 1. The first-order valence-electron chi connectivity index (χ1n) is 11.6. The zero-order valence-corrected chi connectivity index (χ0v) is 20.7. The normalized spacial score (nSPS) is 17.4. The van der Waals surface area contributed by atoms with E-state index in [0.29, 0.717) is 36.1 Å². The fourth-order valence-electron chi connectivity index (χ4n) is 4.52. The van der Waals surface area contributed by atoms with Gasteiger partial charge in [-0.3, -0.25) is 9.88 Å². The molecule has 36 heavy (non-hydrogen) atoms. The molecule has 10 nitrogen and oxygen atoms in total. The molecule has 1 unspecified atom stereocenters. The number of hydrogen-bond donors (Lipinski definition) is 2. The van der Waals surface area contributed by atoms with E-state index in [1.807, 2.05) is 37.3 Å². The summed E-state index contributed by atoms with van der Waals surface area (Å²) in [5, 5.41) is 10.2. The number of primary amides is 1. The summed E-state index contributed by atoms with van der Waals surface area (Å²) in [6, 6.07) is 9.05. The number of nitrogens with two attached hydrogens (primary N) is 1. The van der Waals surface area contributed by atoms with Crippen molar-refractivity contribution < 1.29 is 14.7 Å². The molecule has 4 aromatic rings. The Morgan fingerprint density at radius 2 is 1.97 bits per heavy atom. The highest BCUT2D eigenvalue weighted by Crippen LogP contribution is 2.39. The van der Waals surface area contributed by atoms with Crippen molar-refractivity contribution in [3.63, 3.8) is 0 Å². The van der Waals surface area contributed by atoms with Gasteiger partial charge in [-0.1, -0.05) is 17.4 Å². The molecule has 1 atom stereocenters. The van der Waals surface area contributed by atoms with Gasteiger partial charge in [0.05, 0.1) is 15.9 Å². The molecule has 2 amide bonds. The van der Waals surface area contributed by atoms with Crippen LogP contribution in [0.4, 0.5) is 15.9 Å². The van der Waals surface area contributed by atoms with Crippen LogP contribution in [-0.4, -0.2) is 55.7 Å². The highest BCUT2D eigenvalue weighted by molar-refractivity contribution is 7.23. The number of hydrogen-bond acceptors (Lipinski definition) is 8. The van der Waals surface area contributed by atoms with Crippen LogP contribution < -0.4 is 15.5 Å². The molecular weight excluding hydrogens is 478 g/mol. The maximum atomic E-state index is 11.9. The number of amides is 2. The first-order valence-corrected chi connectivity index (χ1v) is 12.4. The van der Waals surface area contributed by atoms with E-state index in [1.54, 1.807) is 30.4 Å². The highest BCUT2D eigenvalue weighted by atomic mass is 32.1. The highest BCUT2D eigenvalue weighted by Gasteiger charge is 2.44. The smallest absolute Gasteiger partial charge is 0.329 e. The van der Waals surface area contributed by atoms with Crippen LogP contribution in [0.15, 0.2) is 48.9 Å². The van der Waals surface area contributed by atoms with Crippen molar-refractivity contribution in [3.8, 4) is 22.4 Å². The van der Waals surface area contributed by atoms with Crippen molar-refractivity contribution in [3.05, 3.63) is 48.9 Å². The van der Waals surface area contributed by atoms with Gasteiger partial charge in [0.25, 0.3) is 0 Å². The third kappa shape index (κ3) is 4.01. The minimum absolute atomic E-state index is 0.392. The Balaban J connectivity index is 1.59. The average Bonchev–Trinajstić information content (AvgIpc) is 3.48. The topological polar surface area (TPSA) is 138 Å². The van der Waals surface area contributed by atoms with E-state index in [1.165, 1.54) is 16.2 Å². The summed E-state index contributed by atoms with van der Waals surface area (Å²) in [6.45, 7) is 4.55. The number of anilines is 2. The van der Waals surface area contributed by atoms with Crippen LogP contribution in [0.1, 0.15) is 26.7 Å². The fraction of sp³-hybridized carbons (Fsp3) is 0.280. The van der Waals surface area contributed by atoms with E-state index in [4.69, 9.17) is 10.7 Å². The molecule has 0 radical (unpaired) electrons. The molecule has 3 aromatic heterocycles. The van der Waals surface area contributed by atoms with Gasteiger partial charge in [-0.25, -0.2) is 24.5 Å². The van der Waals surface area contributed by atoms with Crippen molar-refractivity contribution in [2.45, 2.75) is 32.2 Å². The maximum Gasteiger partial charge on any atom is 0.329 e. The summed E-state index contributed by atoms with van der Waals surface area (Å²) in [7, 11) is 0. The van der Waals surface area contributed by atoms with Crippen molar-refractivity contribution in [1.29, 1.82) is 0 Å². The number of carboxylic acids is 1. The summed E-state index contributed by atoms with van der Waals surface area (Å²) < 4.78 is 0.888. The first-order chi connectivity index (χ1) is 17.3. The van der Waals surface area contributed by atoms with E-state index in [0.717, 1.165) is 33.5 Å². The number of carbonyl (C=O) groups excluding carboxylic acids is 1. The molecule has 184 valence electrons. The Morgan fingerprint density at radius 1 is 1.19 bits per heavy atom. The lowest BCUT2D eigenvalue weighted by Crippen LogP contribution is -2.48. The van der Waals surface area contributed by atoms with Crippen LogP contribution in [0.3, 0.4) is 0 Å². The molecule has 1 aromatic carbocycles. The van der Waals surface area contributed by atoms with Gasteiger partial charge in [0.1, 0.15) is 5.54 Å². The van der Waals surface area contributed by atoms with Crippen LogP contribution >= 0.6 is 11.3 Å². The van der Waals surface area contributed by atoms with E-state index in [-0.39, 0.29) is 0 Å². The van der Waals surface area contributed by atoms with Crippen molar-refractivity contribution in [2.24, 2.45) is 5.73 Å². The molecule has 1 saturated heterocycles. The standard InChI is InChI=1S/C25H25N7O3S/c1-3-31(22(26)35)24-30-19-12-15(11-17(20(19)36-24)18-7-4-5-9-27-18)16-13-28-23(29-14-16)32-10-6-8-25(32,2)21(33)34/h4-5,7,9,11-14H,3,6,8,10H2,1-2H3,(H2,26,35)(H,33,34). The minimum atomic E-state index is -1.02. The second kappa shape index (κ2) is 9.15. The molecule has 0 aliphatic carbocycles. The van der Waals surface area contributed by atoms with E-state index >= 15 is 0 Å². The van der Waals surface area contributed by atoms with Crippen molar-refractivity contribution in [1.82, 2.24) is 19.9 Å². The number of rotatable bonds is 6. The lowest BCUT2D eigenvalue weighted by Gasteiger charge is -2.31. The summed E-state index contributed by atoms with van der Waals surface area (Å²) in [5.41, 5.74) is 8.47. The molecule has 0 spiro atoms. The predicted molar refractivity (Wildman–Crippen MR) is 139 cm³/mol. The average molecular weight is 504 g/mol. The summed E-state index contributed by atoms with van der Waals surface area (Å²) in [5.74, 6) is -0.488. The monoisotopic (exact) mass is 503 g/mol. The number of nitrogens with zero attached hydrogens (tertiary/aromatic N) is 6. The van der Waals surface area contributed by atoms with Crippen LogP contribution in [0, 0.1) is 0 Å². The van der Waals surface area contributed by atoms with Crippen molar-refractivity contribution >= 4 is 44.6 Å². The molecule has 1 aliphatic heterocycles. The van der Waals surface area contributed by atoms with Gasteiger partial charge in [0.15, 0.2) is 5.13 Å². The molecule has 1 fully saturated rings. The molecule has 1 aliphatic rings. The number of urea groups is 1.